The predicted octanol–water partition coefficient (Wildman–Crippen LogP) is 3.35. The molecule has 3 N–H and O–H groups in total. The largest absolute Gasteiger partial charge is 0.480 e. The van der Waals surface area contributed by atoms with Gasteiger partial charge < -0.3 is 15.7 Å². The number of rotatable bonds is 5. The molecule has 0 aromatic heterocycles. The fourth-order valence-corrected chi connectivity index (χ4v) is 2.17. The number of urea groups is 1. The van der Waals surface area contributed by atoms with Gasteiger partial charge in [-0.1, -0.05) is 13.8 Å². The Bertz CT molecular complexity index is 529. The molecule has 0 fully saturated rings. The minimum Gasteiger partial charge on any atom is -0.480 e. The Morgan fingerprint density at radius 2 is 1.95 bits per heavy atom. The average molecular weight is 365 g/mol. The van der Waals surface area contributed by atoms with Crippen molar-refractivity contribution in [2.75, 3.05) is 5.32 Å². The molecule has 2 amide bonds. The first-order valence-corrected chi connectivity index (χ1v) is 6.95. The van der Waals surface area contributed by atoms with Gasteiger partial charge in [0.15, 0.2) is 5.82 Å². The second-order valence-electron chi connectivity index (χ2n) is 4.86. The van der Waals surface area contributed by atoms with Crippen LogP contribution in [0.3, 0.4) is 0 Å². The van der Waals surface area contributed by atoms with Crippen molar-refractivity contribution >= 4 is 33.6 Å². The van der Waals surface area contributed by atoms with E-state index in [0.717, 1.165) is 6.07 Å². The summed E-state index contributed by atoms with van der Waals surface area (Å²) in [6.45, 7) is 3.62. The minimum absolute atomic E-state index is 0.0193. The molecular weight excluding hydrogens is 350 g/mol. The van der Waals surface area contributed by atoms with Crippen molar-refractivity contribution in [2.24, 2.45) is 5.92 Å². The van der Waals surface area contributed by atoms with Gasteiger partial charge in [-0.25, -0.2) is 18.4 Å². The first-order chi connectivity index (χ1) is 9.70. The number of carbonyl (C=O) groups excluding carboxylic acids is 1. The molecule has 116 valence electrons. The van der Waals surface area contributed by atoms with Gasteiger partial charge in [-0.05, 0) is 34.3 Å². The molecule has 0 aliphatic carbocycles. The third-order valence-corrected chi connectivity index (χ3v) is 3.18. The van der Waals surface area contributed by atoms with E-state index in [-0.39, 0.29) is 22.5 Å². The highest BCUT2D eigenvalue weighted by molar-refractivity contribution is 9.10. The summed E-state index contributed by atoms with van der Waals surface area (Å²) in [5, 5.41) is 13.4. The minimum atomic E-state index is -1.18. The van der Waals surface area contributed by atoms with Crippen molar-refractivity contribution in [1.82, 2.24) is 5.32 Å². The summed E-state index contributed by atoms with van der Waals surface area (Å²) in [6.07, 6.45) is 0.232. The molecule has 0 heterocycles. The first kappa shape index (κ1) is 17.4. The smallest absolute Gasteiger partial charge is 0.326 e. The number of carbonyl (C=O) groups is 2. The van der Waals surface area contributed by atoms with Crippen LogP contribution >= 0.6 is 15.9 Å². The molecule has 1 aromatic rings. The summed E-state index contributed by atoms with van der Waals surface area (Å²) < 4.78 is 26.5. The monoisotopic (exact) mass is 364 g/mol. The van der Waals surface area contributed by atoms with E-state index < -0.39 is 29.7 Å². The molecule has 0 saturated heterocycles. The molecule has 0 radical (unpaired) electrons. The van der Waals surface area contributed by atoms with Gasteiger partial charge in [0, 0.05) is 10.5 Å². The SMILES string of the molecule is CC(C)C[C@H](NC(=O)Nc1c(F)cc(F)cc1Br)C(=O)O. The van der Waals surface area contributed by atoms with Crippen LogP contribution < -0.4 is 10.6 Å². The molecular formula is C13H15BrF2N2O3. The molecule has 0 saturated carbocycles. The van der Waals surface area contributed by atoms with Crippen LogP contribution in [0.1, 0.15) is 20.3 Å². The third kappa shape index (κ3) is 5.30. The second-order valence-corrected chi connectivity index (χ2v) is 5.72. The fourth-order valence-electron chi connectivity index (χ4n) is 1.66. The number of aliphatic carboxylic acids is 1. The number of halogens is 3. The van der Waals surface area contributed by atoms with Crippen LogP contribution in [0.4, 0.5) is 19.3 Å². The summed E-state index contributed by atoms with van der Waals surface area (Å²) in [5.41, 5.74) is -0.261. The lowest BCUT2D eigenvalue weighted by atomic mass is 10.0. The lowest BCUT2D eigenvalue weighted by Crippen LogP contribution is -2.43. The van der Waals surface area contributed by atoms with Gasteiger partial charge in [0.25, 0.3) is 0 Å². The Morgan fingerprint density at radius 3 is 2.43 bits per heavy atom. The van der Waals surface area contributed by atoms with Crippen LogP contribution in [-0.2, 0) is 4.79 Å². The van der Waals surface area contributed by atoms with Crippen LogP contribution in [-0.4, -0.2) is 23.1 Å². The zero-order valence-electron chi connectivity index (χ0n) is 11.4. The van der Waals surface area contributed by atoms with Gasteiger partial charge in [-0.3, -0.25) is 0 Å². The van der Waals surface area contributed by atoms with Crippen molar-refractivity contribution in [3.05, 3.63) is 28.2 Å². The van der Waals surface area contributed by atoms with Gasteiger partial charge in [-0.15, -0.1) is 0 Å². The van der Waals surface area contributed by atoms with Gasteiger partial charge in [0.1, 0.15) is 11.9 Å². The standard InChI is InChI=1S/C13H15BrF2N2O3/c1-6(2)3-10(12(19)20)17-13(21)18-11-8(14)4-7(15)5-9(11)16/h4-6,10H,3H2,1-2H3,(H,19,20)(H2,17,18,21)/t10-/m0/s1. The number of hydrogen-bond acceptors (Lipinski definition) is 2. The molecule has 1 rings (SSSR count). The Morgan fingerprint density at radius 1 is 1.33 bits per heavy atom. The highest BCUT2D eigenvalue weighted by Gasteiger charge is 2.22. The van der Waals surface area contributed by atoms with Crippen molar-refractivity contribution < 1.29 is 23.5 Å². The summed E-state index contributed by atoms with van der Waals surface area (Å²) >= 11 is 2.92. The Balaban J connectivity index is 2.79. The van der Waals surface area contributed by atoms with Crippen molar-refractivity contribution in [2.45, 2.75) is 26.3 Å². The fraction of sp³-hybridized carbons (Fsp3) is 0.385. The summed E-state index contributed by atoms with van der Waals surface area (Å²) in [4.78, 5) is 22.8. The van der Waals surface area contributed by atoms with Crippen LogP contribution in [0.25, 0.3) is 0 Å². The van der Waals surface area contributed by atoms with Crippen LogP contribution in [0.5, 0.6) is 0 Å². The quantitative estimate of drug-likeness (QED) is 0.749. The predicted molar refractivity (Wildman–Crippen MR) is 77.1 cm³/mol. The van der Waals surface area contributed by atoms with E-state index in [1.165, 1.54) is 0 Å². The molecule has 0 spiro atoms. The van der Waals surface area contributed by atoms with Gasteiger partial charge in [-0.2, -0.15) is 0 Å². The van der Waals surface area contributed by atoms with E-state index >= 15 is 0 Å². The Hall–Kier alpha value is -1.70. The number of benzene rings is 1. The number of hydrogen-bond donors (Lipinski definition) is 3. The molecule has 0 unspecified atom stereocenters. The maximum atomic E-state index is 13.5. The van der Waals surface area contributed by atoms with Gasteiger partial charge in [0.05, 0.1) is 5.69 Å². The molecule has 0 aliphatic rings. The van der Waals surface area contributed by atoms with Crippen LogP contribution in [0.15, 0.2) is 16.6 Å². The zero-order valence-corrected chi connectivity index (χ0v) is 13.0. The molecule has 1 aromatic carbocycles. The van der Waals surface area contributed by atoms with Crippen molar-refractivity contribution in [1.29, 1.82) is 0 Å². The number of amides is 2. The van der Waals surface area contributed by atoms with Crippen LogP contribution in [0.2, 0.25) is 0 Å². The lowest BCUT2D eigenvalue weighted by molar-refractivity contribution is -0.139. The topological polar surface area (TPSA) is 78.4 Å². The van der Waals surface area contributed by atoms with Crippen LogP contribution in [0, 0.1) is 17.6 Å². The van der Waals surface area contributed by atoms with E-state index in [9.17, 15) is 18.4 Å². The molecule has 8 heteroatoms. The third-order valence-electron chi connectivity index (χ3n) is 2.56. The Labute approximate surface area is 128 Å². The van der Waals surface area contributed by atoms with E-state index in [4.69, 9.17) is 5.11 Å². The lowest BCUT2D eigenvalue weighted by Gasteiger charge is -2.17. The average Bonchev–Trinajstić information content (AvgIpc) is 2.32. The number of carboxylic acid groups (broad SMARTS) is 1. The van der Waals surface area contributed by atoms with E-state index in [1.54, 1.807) is 0 Å². The number of nitrogens with one attached hydrogen (secondary N) is 2. The highest BCUT2D eigenvalue weighted by Crippen LogP contribution is 2.26. The normalized spacial score (nSPS) is 12.1. The number of carboxylic acids is 1. The molecule has 1 atom stereocenters. The maximum absolute atomic E-state index is 13.5. The highest BCUT2D eigenvalue weighted by atomic mass is 79.9. The molecule has 5 nitrogen and oxygen atoms in total. The molecule has 21 heavy (non-hydrogen) atoms. The van der Waals surface area contributed by atoms with Gasteiger partial charge >= 0.3 is 12.0 Å². The van der Waals surface area contributed by atoms with Gasteiger partial charge in [0.2, 0.25) is 0 Å². The molecule has 0 bridgehead atoms. The second kappa shape index (κ2) is 7.35. The first-order valence-electron chi connectivity index (χ1n) is 6.15. The van der Waals surface area contributed by atoms with E-state index in [0.29, 0.717) is 6.07 Å². The summed E-state index contributed by atoms with van der Waals surface area (Å²) in [5.74, 6) is -2.89. The Kier molecular flexibility index (Phi) is 6.07. The number of anilines is 1. The summed E-state index contributed by atoms with van der Waals surface area (Å²) in [6, 6.07) is -0.369. The van der Waals surface area contributed by atoms with E-state index in [1.807, 2.05) is 13.8 Å². The van der Waals surface area contributed by atoms with Crippen molar-refractivity contribution in [3.8, 4) is 0 Å². The maximum Gasteiger partial charge on any atom is 0.326 e. The van der Waals surface area contributed by atoms with E-state index in [2.05, 4.69) is 26.6 Å². The molecule has 0 aliphatic heterocycles. The summed E-state index contributed by atoms with van der Waals surface area (Å²) in [7, 11) is 0. The van der Waals surface area contributed by atoms with Crippen molar-refractivity contribution in [3.63, 3.8) is 0 Å². The zero-order chi connectivity index (χ0) is 16.2.